The lowest BCUT2D eigenvalue weighted by molar-refractivity contribution is 0.101. The van der Waals surface area contributed by atoms with Crippen LogP contribution in [0.25, 0.3) is 0 Å². The fourth-order valence-electron chi connectivity index (χ4n) is 3.34. The van der Waals surface area contributed by atoms with Crippen LogP contribution in [0.4, 0.5) is 5.69 Å². The number of hydrogen-bond acceptors (Lipinski definition) is 4. The smallest absolute Gasteiger partial charge is 0.178 e. The van der Waals surface area contributed by atoms with Crippen molar-refractivity contribution >= 4 is 11.5 Å². The average molecular weight is 273 g/mol. The number of rotatable bonds is 3. The van der Waals surface area contributed by atoms with Crippen molar-refractivity contribution in [2.45, 2.75) is 38.6 Å². The van der Waals surface area contributed by atoms with Gasteiger partial charge in [0.25, 0.3) is 0 Å². The number of aromatic nitrogens is 1. The van der Waals surface area contributed by atoms with Crippen molar-refractivity contribution in [1.82, 2.24) is 9.88 Å². The molecule has 3 rings (SSSR count). The number of piperidine rings is 1. The molecule has 0 saturated carbocycles. The van der Waals surface area contributed by atoms with Gasteiger partial charge in [0.15, 0.2) is 5.78 Å². The predicted octanol–water partition coefficient (Wildman–Crippen LogP) is 2.35. The lowest BCUT2D eigenvalue weighted by Gasteiger charge is -2.32. The Labute approximate surface area is 120 Å². The Balaban J connectivity index is 1.62. The number of Topliss-reactive ketones (excluding diaryl/α,β-unsaturated/α-hetero) is 1. The molecule has 1 atom stereocenters. The van der Waals surface area contributed by atoms with Gasteiger partial charge < -0.3 is 4.90 Å². The Morgan fingerprint density at radius 3 is 2.65 bits per heavy atom. The van der Waals surface area contributed by atoms with E-state index in [9.17, 15) is 4.79 Å². The van der Waals surface area contributed by atoms with Crippen molar-refractivity contribution in [2.75, 3.05) is 31.1 Å². The number of likely N-dealkylation sites (tertiary alicyclic amines) is 1. The lowest BCUT2D eigenvalue weighted by atomic mass is 10.1. The van der Waals surface area contributed by atoms with Crippen LogP contribution in [-0.4, -0.2) is 47.9 Å². The minimum atomic E-state index is 0.0316. The van der Waals surface area contributed by atoms with Gasteiger partial charge in [-0.1, -0.05) is 6.42 Å². The Bertz CT molecular complexity index is 465. The molecule has 20 heavy (non-hydrogen) atoms. The number of hydrogen-bond donors (Lipinski definition) is 0. The van der Waals surface area contributed by atoms with E-state index in [1.165, 1.54) is 38.8 Å². The van der Waals surface area contributed by atoms with Gasteiger partial charge in [0, 0.05) is 26.1 Å². The second-order valence-electron chi connectivity index (χ2n) is 5.94. The van der Waals surface area contributed by atoms with E-state index < -0.39 is 0 Å². The summed E-state index contributed by atoms with van der Waals surface area (Å²) in [6, 6.07) is 4.57. The molecule has 0 radical (unpaired) electrons. The SMILES string of the molecule is CC(=O)c1ccc(N2CCC(N3CCCCC3)C2)cn1. The molecule has 2 aliphatic heterocycles. The monoisotopic (exact) mass is 273 g/mol. The highest BCUT2D eigenvalue weighted by Crippen LogP contribution is 2.24. The Kier molecular flexibility index (Phi) is 4.01. The molecule has 1 unspecified atom stereocenters. The number of ketones is 1. The van der Waals surface area contributed by atoms with E-state index in [4.69, 9.17) is 0 Å². The first-order valence-corrected chi connectivity index (χ1v) is 7.70. The summed E-state index contributed by atoms with van der Waals surface area (Å²) >= 11 is 0. The van der Waals surface area contributed by atoms with Crippen LogP contribution < -0.4 is 4.90 Å². The van der Waals surface area contributed by atoms with Crippen LogP contribution in [0.3, 0.4) is 0 Å². The molecule has 4 nitrogen and oxygen atoms in total. The molecular weight excluding hydrogens is 250 g/mol. The van der Waals surface area contributed by atoms with Gasteiger partial charge in [-0.05, 0) is 44.5 Å². The molecule has 0 spiro atoms. The van der Waals surface area contributed by atoms with E-state index in [1.807, 2.05) is 18.3 Å². The molecule has 0 aromatic carbocycles. The van der Waals surface area contributed by atoms with E-state index in [-0.39, 0.29) is 5.78 Å². The average Bonchev–Trinajstić information content (AvgIpc) is 2.98. The summed E-state index contributed by atoms with van der Waals surface area (Å²) in [5, 5.41) is 0. The van der Waals surface area contributed by atoms with E-state index in [0.717, 1.165) is 18.8 Å². The molecule has 2 fully saturated rings. The van der Waals surface area contributed by atoms with Crippen LogP contribution in [-0.2, 0) is 0 Å². The van der Waals surface area contributed by atoms with Crippen LogP contribution in [0.15, 0.2) is 18.3 Å². The zero-order valence-corrected chi connectivity index (χ0v) is 12.2. The topological polar surface area (TPSA) is 36.4 Å². The maximum Gasteiger partial charge on any atom is 0.178 e. The van der Waals surface area contributed by atoms with Crippen molar-refractivity contribution in [3.8, 4) is 0 Å². The minimum Gasteiger partial charge on any atom is -0.369 e. The number of carbonyl (C=O) groups is 1. The quantitative estimate of drug-likeness (QED) is 0.792. The molecule has 1 aromatic rings. The summed E-state index contributed by atoms with van der Waals surface area (Å²) in [6.07, 6.45) is 7.18. The fraction of sp³-hybridized carbons (Fsp3) is 0.625. The van der Waals surface area contributed by atoms with Crippen molar-refractivity contribution in [1.29, 1.82) is 0 Å². The zero-order valence-electron chi connectivity index (χ0n) is 12.2. The first-order chi connectivity index (χ1) is 9.74. The summed E-state index contributed by atoms with van der Waals surface area (Å²) in [6.45, 7) is 6.29. The molecule has 2 saturated heterocycles. The molecule has 4 heteroatoms. The summed E-state index contributed by atoms with van der Waals surface area (Å²) in [7, 11) is 0. The maximum absolute atomic E-state index is 11.3. The Morgan fingerprint density at radius 2 is 2.00 bits per heavy atom. The third kappa shape index (κ3) is 2.85. The van der Waals surface area contributed by atoms with E-state index in [0.29, 0.717) is 11.7 Å². The van der Waals surface area contributed by atoms with Gasteiger partial charge in [0.2, 0.25) is 0 Å². The Morgan fingerprint density at radius 1 is 1.20 bits per heavy atom. The van der Waals surface area contributed by atoms with Crippen molar-refractivity contribution in [3.05, 3.63) is 24.0 Å². The van der Waals surface area contributed by atoms with Crippen LogP contribution in [0.2, 0.25) is 0 Å². The largest absolute Gasteiger partial charge is 0.369 e. The highest BCUT2D eigenvalue weighted by atomic mass is 16.1. The molecule has 3 heterocycles. The van der Waals surface area contributed by atoms with Crippen LogP contribution in [0.5, 0.6) is 0 Å². The van der Waals surface area contributed by atoms with Crippen LogP contribution in [0, 0.1) is 0 Å². The molecule has 0 N–H and O–H groups in total. The molecule has 2 aliphatic rings. The second-order valence-corrected chi connectivity index (χ2v) is 5.94. The highest BCUT2D eigenvalue weighted by Gasteiger charge is 2.28. The van der Waals surface area contributed by atoms with Crippen LogP contribution in [0.1, 0.15) is 43.1 Å². The van der Waals surface area contributed by atoms with Crippen molar-refractivity contribution in [2.24, 2.45) is 0 Å². The molecule has 0 aliphatic carbocycles. The summed E-state index contributed by atoms with van der Waals surface area (Å²) in [5.41, 5.74) is 1.70. The first kappa shape index (κ1) is 13.6. The van der Waals surface area contributed by atoms with Crippen molar-refractivity contribution in [3.63, 3.8) is 0 Å². The van der Waals surface area contributed by atoms with Gasteiger partial charge in [-0.25, -0.2) is 0 Å². The van der Waals surface area contributed by atoms with E-state index in [1.54, 1.807) is 6.92 Å². The summed E-state index contributed by atoms with van der Waals surface area (Å²) < 4.78 is 0. The predicted molar refractivity (Wildman–Crippen MR) is 80.3 cm³/mol. The molecule has 0 bridgehead atoms. The fourth-order valence-corrected chi connectivity index (χ4v) is 3.34. The molecule has 108 valence electrons. The van der Waals surface area contributed by atoms with Gasteiger partial charge in [-0.15, -0.1) is 0 Å². The highest BCUT2D eigenvalue weighted by molar-refractivity contribution is 5.92. The van der Waals surface area contributed by atoms with Gasteiger partial charge in [-0.2, -0.15) is 0 Å². The lowest BCUT2D eigenvalue weighted by Crippen LogP contribution is -2.40. The van der Waals surface area contributed by atoms with Crippen LogP contribution >= 0.6 is 0 Å². The normalized spacial score (nSPS) is 24.1. The third-order valence-corrected chi connectivity index (χ3v) is 4.54. The molecule has 0 amide bonds. The number of carbonyl (C=O) groups excluding carboxylic acids is 1. The van der Waals surface area contributed by atoms with Gasteiger partial charge in [0.05, 0.1) is 11.9 Å². The van der Waals surface area contributed by atoms with Gasteiger partial charge >= 0.3 is 0 Å². The molecule has 1 aromatic heterocycles. The van der Waals surface area contributed by atoms with Gasteiger partial charge in [-0.3, -0.25) is 14.7 Å². The van der Waals surface area contributed by atoms with Crippen molar-refractivity contribution < 1.29 is 4.79 Å². The standard InChI is InChI=1S/C16H23N3O/c1-13(20)16-6-5-14(11-17-16)19-10-7-15(12-19)18-8-3-2-4-9-18/h5-6,11,15H,2-4,7-10,12H2,1H3. The Hall–Kier alpha value is -1.42. The second kappa shape index (κ2) is 5.92. The molecular formula is C16H23N3O. The number of pyridine rings is 1. The minimum absolute atomic E-state index is 0.0316. The maximum atomic E-state index is 11.3. The third-order valence-electron chi connectivity index (χ3n) is 4.54. The van der Waals surface area contributed by atoms with Gasteiger partial charge in [0.1, 0.15) is 5.69 Å². The van der Waals surface area contributed by atoms with E-state index >= 15 is 0 Å². The van der Waals surface area contributed by atoms with E-state index in [2.05, 4.69) is 14.8 Å². The number of anilines is 1. The first-order valence-electron chi connectivity index (χ1n) is 7.70. The zero-order chi connectivity index (χ0) is 13.9. The number of nitrogens with zero attached hydrogens (tertiary/aromatic N) is 3. The summed E-state index contributed by atoms with van der Waals surface area (Å²) in [5.74, 6) is 0.0316. The summed E-state index contributed by atoms with van der Waals surface area (Å²) in [4.78, 5) is 20.6.